The van der Waals surface area contributed by atoms with E-state index in [1.807, 2.05) is 6.92 Å². The Balaban J connectivity index is 2.45. The summed E-state index contributed by atoms with van der Waals surface area (Å²) >= 11 is 4.83. The Bertz CT molecular complexity index is 471. The van der Waals surface area contributed by atoms with Gasteiger partial charge in [0.2, 0.25) is 5.91 Å². The van der Waals surface area contributed by atoms with Crippen LogP contribution < -0.4 is 16.4 Å². The summed E-state index contributed by atoms with van der Waals surface area (Å²) in [7, 11) is 0. The van der Waals surface area contributed by atoms with Crippen LogP contribution in [0, 0.1) is 0 Å². The van der Waals surface area contributed by atoms with Crippen LogP contribution in [0.3, 0.4) is 0 Å². The largest absolute Gasteiger partial charge is 0.389 e. The molecule has 0 heterocycles. The first-order valence-electron chi connectivity index (χ1n) is 5.99. The number of hydrogen-bond donors (Lipinski definition) is 3. The molecule has 6 heteroatoms. The first-order valence-corrected chi connectivity index (χ1v) is 6.40. The van der Waals surface area contributed by atoms with Crippen LogP contribution in [-0.4, -0.2) is 29.9 Å². The van der Waals surface area contributed by atoms with E-state index in [-0.39, 0.29) is 18.2 Å². The molecule has 0 aliphatic carbocycles. The highest BCUT2D eigenvalue weighted by Crippen LogP contribution is 2.04. The van der Waals surface area contributed by atoms with Gasteiger partial charge in [-0.1, -0.05) is 24.4 Å². The molecule has 0 radical (unpaired) electrons. The van der Waals surface area contributed by atoms with E-state index in [9.17, 15) is 9.59 Å². The zero-order valence-corrected chi connectivity index (χ0v) is 11.5. The Morgan fingerprint density at radius 3 is 2.26 bits per heavy atom. The Morgan fingerprint density at radius 1 is 1.16 bits per heavy atom. The van der Waals surface area contributed by atoms with Gasteiger partial charge in [0, 0.05) is 30.6 Å². The average molecular weight is 279 g/mol. The van der Waals surface area contributed by atoms with Crippen molar-refractivity contribution in [3.8, 4) is 0 Å². The summed E-state index contributed by atoms with van der Waals surface area (Å²) in [5.74, 6) is -0.301. The summed E-state index contributed by atoms with van der Waals surface area (Å²) in [6.07, 6.45) is 0.268. The normalized spacial score (nSPS) is 9.74. The van der Waals surface area contributed by atoms with E-state index < -0.39 is 0 Å². The van der Waals surface area contributed by atoms with Gasteiger partial charge in [-0.3, -0.25) is 9.59 Å². The van der Waals surface area contributed by atoms with Gasteiger partial charge in [-0.15, -0.1) is 0 Å². The fraction of sp³-hybridized carbons (Fsp3) is 0.308. The summed E-state index contributed by atoms with van der Waals surface area (Å²) in [5.41, 5.74) is 6.69. The maximum Gasteiger partial charge on any atom is 0.251 e. The van der Waals surface area contributed by atoms with Crippen molar-refractivity contribution in [2.75, 3.05) is 13.1 Å². The van der Waals surface area contributed by atoms with Crippen LogP contribution in [0.5, 0.6) is 0 Å². The summed E-state index contributed by atoms with van der Waals surface area (Å²) in [5, 5.41) is 5.33. The maximum absolute atomic E-state index is 11.8. The third kappa shape index (κ3) is 5.05. The number of amides is 2. The monoisotopic (exact) mass is 279 g/mol. The van der Waals surface area contributed by atoms with Crippen molar-refractivity contribution in [2.45, 2.75) is 13.3 Å². The predicted octanol–water partition coefficient (Wildman–Crippen LogP) is 0.577. The molecule has 2 amide bonds. The summed E-state index contributed by atoms with van der Waals surface area (Å²) in [4.78, 5) is 23.2. The van der Waals surface area contributed by atoms with Crippen molar-refractivity contribution in [1.29, 1.82) is 0 Å². The molecule has 0 spiro atoms. The second-order valence-electron chi connectivity index (χ2n) is 3.90. The van der Waals surface area contributed by atoms with Crippen molar-refractivity contribution in [1.82, 2.24) is 10.6 Å². The quantitative estimate of drug-likeness (QED) is 0.665. The van der Waals surface area contributed by atoms with E-state index in [0.717, 1.165) is 0 Å². The first kappa shape index (κ1) is 15.1. The first-order chi connectivity index (χ1) is 9.04. The number of nitrogens with two attached hydrogens (primary N) is 1. The molecule has 1 aromatic carbocycles. The van der Waals surface area contributed by atoms with Crippen molar-refractivity contribution >= 4 is 29.0 Å². The molecule has 0 aromatic heterocycles. The van der Waals surface area contributed by atoms with E-state index in [0.29, 0.717) is 29.2 Å². The van der Waals surface area contributed by atoms with Crippen LogP contribution in [0.25, 0.3) is 0 Å². The molecule has 0 fully saturated rings. The zero-order valence-electron chi connectivity index (χ0n) is 10.7. The van der Waals surface area contributed by atoms with Gasteiger partial charge >= 0.3 is 0 Å². The zero-order chi connectivity index (χ0) is 14.3. The maximum atomic E-state index is 11.8. The van der Waals surface area contributed by atoms with Gasteiger partial charge in [0.15, 0.2) is 0 Å². The molecule has 1 rings (SSSR count). The molecule has 0 atom stereocenters. The molecule has 0 unspecified atom stereocenters. The SMILES string of the molecule is CCNC(=O)CCNC(=O)c1ccc(C(N)=S)cc1. The third-order valence-corrected chi connectivity index (χ3v) is 2.68. The van der Waals surface area contributed by atoms with Crippen molar-refractivity contribution in [3.05, 3.63) is 35.4 Å². The second-order valence-corrected chi connectivity index (χ2v) is 4.34. The lowest BCUT2D eigenvalue weighted by atomic mass is 10.1. The smallest absolute Gasteiger partial charge is 0.251 e. The number of hydrogen-bond acceptors (Lipinski definition) is 3. The minimum Gasteiger partial charge on any atom is -0.389 e. The third-order valence-electron chi connectivity index (χ3n) is 2.44. The molecule has 19 heavy (non-hydrogen) atoms. The van der Waals surface area contributed by atoms with E-state index >= 15 is 0 Å². The van der Waals surface area contributed by atoms with Crippen LogP contribution in [0.4, 0.5) is 0 Å². The van der Waals surface area contributed by atoms with Gasteiger partial charge in [-0.2, -0.15) is 0 Å². The molecular weight excluding hydrogens is 262 g/mol. The summed E-state index contributed by atoms with van der Waals surface area (Å²) in [6.45, 7) is 2.74. The Labute approximate surface area is 117 Å². The fourth-order valence-electron chi connectivity index (χ4n) is 1.46. The van der Waals surface area contributed by atoms with E-state index in [1.165, 1.54) is 0 Å². The lowest BCUT2D eigenvalue weighted by Crippen LogP contribution is -2.30. The van der Waals surface area contributed by atoms with Gasteiger partial charge in [-0.05, 0) is 19.1 Å². The number of benzene rings is 1. The highest BCUT2D eigenvalue weighted by atomic mass is 32.1. The number of carbonyl (C=O) groups is 2. The Kier molecular flexibility index (Phi) is 5.95. The minimum atomic E-state index is -0.223. The fourth-order valence-corrected chi connectivity index (χ4v) is 1.60. The van der Waals surface area contributed by atoms with Crippen LogP contribution in [0.15, 0.2) is 24.3 Å². The van der Waals surface area contributed by atoms with Gasteiger partial charge in [0.25, 0.3) is 5.91 Å². The average Bonchev–Trinajstić information content (AvgIpc) is 2.39. The number of carbonyl (C=O) groups excluding carboxylic acids is 2. The predicted molar refractivity (Wildman–Crippen MR) is 78.0 cm³/mol. The van der Waals surface area contributed by atoms with Crippen LogP contribution in [0.1, 0.15) is 29.3 Å². The lowest BCUT2D eigenvalue weighted by molar-refractivity contribution is -0.120. The second kappa shape index (κ2) is 7.48. The van der Waals surface area contributed by atoms with Gasteiger partial charge in [-0.25, -0.2) is 0 Å². The van der Waals surface area contributed by atoms with Gasteiger partial charge in [0.1, 0.15) is 4.99 Å². The van der Waals surface area contributed by atoms with E-state index in [4.69, 9.17) is 18.0 Å². The number of thiocarbonyl (C=S) groups is 1. The molecule has 4 N–H and O–H groups in total. The summed E-state index contributed by atoms with van der Waals surface area (Å²) in [6, 6.07) is 6.69. The van der Waals surface area contributed by atoms with E-state index in [2.05, 4.69) is 10.6 Å². The number of rotatable bonds is 6. The van der Waals surface area contributed by atoms with Crippen LogP contribution in [-0.2, 0) is 4.79 Å². The minimum absolute atomic E-state index is 0.0772. The molecule has 102 valence electrons. The van der Waals surface area contributed by atoms with Crippen LogP contribution >= 0.6 is 12.2 Å². The number of nitrogens with one attached hydrogen (secondary N) is 2. The van der Waals surface area contributed by atoms with Gasteiger partial charge in [0.05, 0.1) is 0 Å². The van der Waals surface area contributed by atoms with Crippen molar-refractivity contribution in [2.24, 2.45) is 5.73 Å². The Morgan fingerprint density at radius 2 is 1.74 bits per heavy atom. The highest BCUT2D eigenvalue weighted by molar-refractivity contribution is 7.80. The molecule has 0 bridgehead atoms. The summed E-state index contributed by atoms with van der Waals surface area (Å²) < 4.78 is 0. The Hall–Kier alpha value is -1.95. The topological polar surface area (TPSA) is 84.2 Å². The molecular formula is C13H17N3O2S. The highest BCUT2D eigenvalue weighted by Gasteiger charge is 2.06. The lowest BCUT2D eigenvalue weighted by Gasteiger charge is -2.06. The molecule has 0 aliphatic heterocycles. The molecule has 0 aliphatic rings. The van der Waals surface area contributed by atoms with Crippen molar-refractivity contribution < 1.29 is 9.59 Å². The molecule has 1 aromatic rings. The molecule has 5 nitrogen and oxygen atoms in total. The standard InChI is InChI=1S/C13H17N3O2S/c1-2-15-11(17)7-8-16-13(18)10-5-3-9(4-6-10)12(14)19/h3-6H,2,7-8H2,1H3,(H2,14,19)(H,15,17)(H,16,18). The molecule has 0 saturated heterocycles. The van der Waals surface area contributed by atoms with Crippen molar-refractivity contribution in [3.63, 3.8) is 0 Å². The molecule has 0 saturated carbocycles. The van der Waals surface area contributed by atoms with E-state index in [1.54, 1.807) is 24.3 Å². The van der Waals surface area contributed by atoms with Gasteiger partial charge < -0.3 is 16.4 Å². The van der Waals surface area contributed by atoms with Crippen LogP contribution in [0.2, 0.25) is 0 Å².